The van der Waals surface area contributed by atoms with Crippen LogP contribution in [0.2, 0.25) is 0 Å². The summed E-state index contributed by atoms with van der Waals surface area (Å²) in [6, 6.07) is -0.347. The van der Waals surface area contributed by atoms with Gasteiger partial charge in [0.1, 0.15) is 6.04 Å². The van der Waals surface area contributed by atoms with Crippen LogP contribution < -0.4 is 5.32 Å². The van der Waals surface area contributed by atoms with Gasteiger partial charge >= 0.3 is 0 Å². The largest absolute Gasteiger partial charge is 0.394 e. The molecule has 1 amide bonds. The van der Waals surface area contributed by atoms with Crippen molar-refractivity contribution >= 4 is 5.91 Å². The van der Waals surface area contributed by atoms with Crippen LogP contribution in [-0.2, 0) is 4.79 Å². The molecule has 1 rings (SSSR count). The molecule has 82 valence electrons. The molecule has 0 aromatic rings. The van der Waals surface area contributed by atoms with Crippen LogP contribution in [0.25, 0.3) is 0 Å². The number of hydrogen-bond donors (Lipinski definition) is 2. The van der Waals surface area contributed by atoms with Crippen molar-refractivity contribution in [2.75, 3.05) is 26.2 Å². The van der Waals surface area contributed by atoms with Crippen molar-refractivity contribution in [3.8, 4) is 0 Å². The van der Waals surface area contributed by atoms with Gasteiger partial charge in [0.15, 0.2) is 0 Å². The van der Waals surface area contributed by atoms with Gasteiger partial charge in [0.2, 0.25) is 5.91 Å². The maximum Gasteiger partial charge on any atom is 0.239 e. The molecule has 0 aromatic heterocycles. The number of carbonyl (C=O) groups is 1. The highest BCUT2D eigenvalue weighted by atomic mass is 16.3. The molecule has 0 bridgehead atoms. The third-order valence-electron chi connectivity index (χ3n) is 2.60. The van der Waals surface area contributed by atoms with Gasteiger partial charge in [0.05, 0.1) is 6.61 Å². The van der Waals surface area contributed by atoms with E-state index < -0.39 is 0 Å². The van der Waals surface area contributed by atoms with Crippen LogP contribution in [0.4, 0.5) is 0 Å². The fourth-order valence-electron chi connectivity index (χ4n) is 1.88. The van der Waals surface area contributed by atoms with E-state index in [1.165, 1.54) is 0 Å². The van der Waals surface area contributed by atoms with Crippen LogP contribution in [0, 0.1) is 5.92 Å². The third kappa shape index (κ3) is 2.69. The molecular weight excluding hydrogens is 180 g/mol. The van der Waals surface area contributed by atoms with Gasteiger partial charge in [-0.1, -0.05) is 13.8 Å². The van der Waals surface area contributed by atoms with Gasteiger partial charge in [-0.25, -0.2) is 0 Å². The summed E-state index contributed by atoms with van der Waals surface area (Å²) >= 11 is 0. The Labute approximate surface area is 85.3 Å². The fourth-order valence-corrected chi connectivity index (χ4v) is 1.88. The van der Waals surface area contributed by atoms with Crippen LogP contribution in [-0.4, -0.2) is 48.2 Å². The van der Waals surface area contributed by atoms with Gasteiger partial charge in [-0.15, -0.1) is 0 Å². The summed E-state index contributed by atoms with van der Waals surface area (Å²) in [5.74, 6) is 0.423. The highest BCUT2D eigenvalue weighted by molar-refractivity contribution is 5.82. The van der Waals surface area contributed by atoms with Gasteiger partial charge in [0, 0.05) is 13.1 Å². The number of nitrogens with one attached hydrogen (secondary N) is 1. The van der Waals surface area contributed by atoms with Crippen molar-refractivity contribution in [2.24, 2.45) is 5.92 Å². The number of carbonyl (C=O) groups excluding carboxylic acids is 1. The number of rotatable bonds is 3. The second-order valence-corrected chi connectivity index (χ2v) is 4.04. The lowest BCUT2D eigenvalue weighted by Gasteiger charge is -2.27. The molecule has 0 aliphatic carbocycles. The van der Waals surface area contributed by atoms with E-state index in [4.69, 9.17) is 5.11 Å². The van der Waals surface area contributed by atoms with Gasteiger partial charge in [0.25, 0.3) is 0 Å². The average Bonchev–Trinajstić information content (AvgIpc) is 2.27. The minimum absolute atomic E-state index is 0.0368. The SMILES string of the molecule is CCCN1CC(C)CNC(=O)C1CO. The Kier molecular flexibility index (Phi) is 4.35. The molecule has 1 aliphatic heterocycles. The molecule has 0 aromatic carbocycles. The van der Waals surface area contributed by atoms with Crippen LogP contribution in [0.5, 0.6) is 0 Å². The molecule has 1 heterocycles. The Balaban J connectivity index is 2.68. The number of amides is 1. The standard InChI is InChI=1S/C10H20N2O2/c1-3-4-12-6-8(2)5-11-10(14)9(12)7-13/h8-9,13H,3-7H2,1-2H3,(H,11,14). The number of aliphatic hydroxyl groups is 1. The first-order valence-electron chi connectivity index (χ1n) is 5.31. The monoisotopic (exact) mass is 200 g/mol. The quantitative estimate of drug-likeness (QED) is 0.665. The lowest BCUT2D eigenvalue weighted by molar-refractivity contribution is -0.126. The Bertz CT molecular complexity index is 197. The van der Waals surface area contributed by atoms with E-state index in [0.717, 1.165) is 26.1 Å². The summed E-state index contributed by atoms with van der Waals surface area (Å²) in [7, 11) is 0. The summed E-state index contributed by atoms with van der Waals surface area (Å²) < 4.78 is 0. The molecule has 4 heteroatoms. The van der Waals surface area contributed by atoms with E-state index in [2.05, 4.69) is 24.1 Å². The Morgan fingerprint density at radius 3 is 2.93 bits per heavy atom. The number of aliphatic hydroxyl groups excluding tert-OH is 1. The smallest absolute Gasteiger partial charge is 0.239 e. The molecule has 4 nitrogen and oxygen atoms in total. The minimum atomic E-state index is -0.347. The second kappa shape index (κ2) is 5.32. The normalized spacial score (nSPS) is 29.8. The van der Waals surface area contributed by atoms with Gasteiger partial charge in [-0.2, -0.15) is 0 Å². The highest BCUT2D eigenvalue weighted by Gasteiger charge is 2.28. The minimum Gasteiger partial charge on any atom is -0.394 e. The van der Waals surface area contributed by atoms with E-state index in [-0.39, 0.29) is 18.6 Å². The van der Waals surface area contributed by atoms with Crippen molar-refractivity contribution in [3.63, 3.8) is 0 Å². The zero-order chi connectivity index (χ0) is 10.6. The first-order chi connectivity index (χ1) is 6.69. The van der Waals surface area contributed by atoms with Gasteiger partial charge in [-0.3, -0.25) is 9.69 Å². The molecule has 2 N–H and O–H groups in total. The third-order valence-corrected chi connectivity index (χ3v) is 2.60. The maximum absolute atomic E-state index is 11.6. The van der Waals surface area contributed by atoms with Crippen molar-refractivity contribution in [1.29, 1.82) is 0 Å². The fraction of sp³-hybridized carbons (Fsp3) is 0.900. The van der Waals surface area contributed by atoms with E-state index in [1.807, 2.05) is 0 Å². The van der Waals surface area contributed by atoms with E-state index in [1.54, 1.807) is 0 Å². The van der Waals surface area contributed by atoms with E-state index in [0.29, 0.717) is 5.92 Å². The molecule has 14 heavy (non-hydrogen) atoms. The molecule has 1 saturated heterocycles. The topological polar surface area (TPSA) is 52.6 Å². The molecule has 2 unspecified atom stereocenters. The van der Waals surface area contributed by atoms with Crippen LogP contribution in [0.15, 0.2) is 0 Å². The molecule has 1 fully saturated rings. The van der Waals surface area contributed by atoms with Crippen molar-refractivity contribution in [3.05, 3.63) is 0 Å². The Hall–Kier alpha value is -0.610. The molecule has 1 aliphatic rings. The first kappa shape index (κ1) is 11.5. The van der Waals surface area contributed by atoms with Crippen molar-refractivity contribution in [1.82, 2.24) is 10.2 Å². The summed E-state index contributed by atoms with van der Waals surface area (Å²) in [5, 5.41) is 12.0. The number of hydrogen-bond acceptors (Lipinski definition) is 3. The molecule has 2 atom stereocenters. The first-order valence-corrected chi connectivity index (χ1v) is 5.31. The average molecular weight is 200 g/mol. The summed E-state index contributed by atoms with van der Waals surface area (Å²) in [5.41, 5.74) is 0. The highest BCUT2D eigenvalue weighted by Crippen LogP contribution is 2.09. The second-order valence-electron chi connectivity index (χ2n) is 4.04. The molecule has 0 saturated carbocycles. The molecule has 0 radical (unpaired) electrons. The zero-order valence-corrected chi connectivity index (χ0v) is 8.99. The van der Waals surface area contributed by atoms with Crippen LogP contribution in [0.3, 0.4) is 0 Å². The van der Waals surface area contributed by atoms with Crippen LogP contribution in [0.1, 0.15) is 20.3 Å². The van der Waals surface area contributed by atoms with Crippen molar-refractivity contribution in [2.45, 2.75) is 26.3 Å². The van der Waals surface area contributed by atoms with E-state index in [9.17, 15) is 4.79 Å². The van der Waals surface area contributed by atoms with Crippen LogP contribution >= 0.6 is 0 Å². The Morgan fingerprint density at radius 1 is 1.64 bits per heavy atom. The Morgan fingerprint density at radius 2 is 2.36 bits per heavy atom. The van der Waals surface area contributed by atoms with E-state index >= 15 is 0 Å². The summed E-state index contributed by atoms with van der Waals surface area (Å²) in [6.07, 6.45) is 1.01. The summed E-state index contributed by atoms with van der Waals surface area (Å²) in [4.78, 5) is 13.6. The lowest BCUT2D eigenvalue weighted by Crippen LogP contribution is -2.46. The van der Waals surface area contributed by atoms with Crippen molar-refractivity contribution < 1.29 is 9.90 Å². The molecular formula is C10H20N2O2. The predicted molar refractivity (Wildman–Crippen MR) is 54.9 cm³/mol. The summed E-state index contributed by atoms with van der Waals surface area (Å²) in [6.45, 7) is 6.60. The molecule has 0 spiro atoms. The van der Waals surface area contributed by atoms with Gasteiger partial charge in [-0.05, 0) is 18.9 Å². The predicted octanol–water partition coefficient (Wildman–Crippen LogP) is -0.175. The maximum atomic E-state index is 11.6. The zero-order valence-electron chi connectivity index (χ0n) is 8.99. The number of nitrogens with zero attached hydrogens (tertiary/aromatic N) is 1. The lowest BCUT2D eigenvalue weighted by atomic mass is 10.1. The van der Waals surface area contributed by atoms with Gasteiger partial charge < -0.3 is 10.4 Å².